The first-order valence-corrected chi connectivity index (χ1v) is 9.30. The van der Waals surface area contributed by atoms with E-state index in [0.717, 1.165) is 18.5 Å². The topological polar surface area (TPSA) is 72.2 Å². The van der Waals surface area contributed by atoms with Crippen molar-refractivity contribution in [2.24, 2.45) is 5.92 Å². The molecule has 0 bridgehead atoms. The minimum Gasteiger partial charge on any atom is -0.355 e. The van der Waals surface area contributed by atoms with Crippen molar-refractivity contribution < 1.29 is 9.72 Å². The molecule has 0 aliphatic carbocycles. The highest BCUT2D eigenvalue weighted by Gasteiger charge is 2.09. The Hall–Kier alpha value is -1.56. The van der Waals surface area contributed by atoms with Crippen LogP contribution in [0.1, 0.15) is 45.1 Å². The van der Waals surface area contributed by atoms with Crippen LogP contribution in [-0.4, -0.2) is 23.1 Å². The van der Waals surface area contributed by atoms with Crippen LogP contribution in [0.2, 0.25) is 0 Å². The Labute approximate surface area is 142 Å². The van der Waals surface area contributed by atoms with Gasteiger partial charge in [0.05, 0.1) is 10.7 Å². The Morgan fingerprint density at radius 1 is 1.30 bits per heavy atom. The molecule has 1 unspecified atom stereocenters. The molecule has 0 fully saturated rings. The number of nitro groups is 1. The smallest absolute Gasteiger partial charge is 0.269 e. The molecule has 0 heterocycles. The molecule has 0 aliphatic rings. The van der Waals surface area contributed by atoms with Gasteiger partial charge in [-0.1, -0.05) is 45.2 Å². The first-order chi connectivity index (χ1) is 11.1. The molecular weight excluding hydrogens is 312 g/mol. The fraction of sp³-hybridized carbons (Fsp3) is 0.588. The third kappa shape index (κ3) is 8.02. The molecular formula is C17H26N2O3S. The Balaban J connectivity index is 2.24. The zero-order valence-electron chi connectivity index (χ0n) is 13.9. The van der Waals surface area contributed by atoms with Gasteiger partial charge in [0, 0.05) is 24.4 Å². The van der Waals surface area contributed by atoms with Gasteiger partial charge in [-0.05, 0) is 17.9 Å². The van der Waals surface area contributed by atoms with E-state index in [9.17, 15) is 14.9 Å². The number of nitro benzene ring substituents is 1. The van der Waals surface area contributed by atoms with Gasteiger partial charge < -0.3 is 5.32 Å². The van der Waals surface area contributed by atoms with Crippen LogP contribution in [0.25, 0.3) is 0 Å². The minimum atomic E-state index is -0.410. The summed E-state index contributed by atoms with van der Waals surface area (Å²) in [6.45, 7) is 5.10. The summed E-state index contributed by atoms with van der Waals surface area (Å²) in [6, 6.07) is 6.47. The molecule has 1 N–H and O–H groups in total. The molecule has 6 heteroatoms. The maximum absolute atomic E-state index is 11.8. The predicted molar refractivity (Wildman–Crippen MR) is 95.6 cm³/mol. The van der Waals surface area contributed by atoms with Crippen LogP contribution in [-0.2, 0) is 10.5 Å². The molecule has 23 heavy (non-hydrogen) atoms. The van der Waals surface area contributed by atoms with E-state index in [2.05, 4.69) is 19.2 Å². The standard InChI is InChI=1S/C17H26N2O3S/c1-3-5-6-14(4-2)11-18-17(20)13-23-12-15-7-9-16(10-8-15)19(21)22/h7-10,14H,3-6,11-13H2,1-2H3,(H,18,20). The first-order valence-electron chi connectivity index (χ1n) is 8.14. The second-order valence-corrected chi connectivity index (χ2v) is 6.62. The number of hydrogen-bond acceptors (Lipinski definition) is 4. The molecule has 128 valence electrons. The summed E-state index contributed by atoms with van der Waals surface area (Å²) in [5, 5.41) is 13.6. The highest BCUT2D eigenvalue weighted by molar-refractivity contribution is 7.99. The zero-order valence-corrected chi connectivity index (χ0v) is 14.7. The third-order valence-corrected chi connectivity index (χ3v) is 4.78. The van der Waals surface area contributed by atoms with Crippen molar-refractivity contribution in [2.45, 2.75) is 45.3 Å². The van der Waals surface area contributed by atoms with Gasteiger partial charge in [0.2, 0.25) is 5.91 Å². The van der Waals surface area contributed by atoms with Crippen molar-refractivity contribution in [2.75, 3.05) is 12.3 Å². The summed E-state index contributed by atoms with van der Waals surface area (Å²) in [5.74, 6) is 1.73. The number of carbonyl (C=O) groups is 1. The molecule has 1 aromatic carbocycles. The largest absolute Gasteiger partial charge is 0.355 e. The molecule has 0 saturated heterocycles. The molecule has 1 aromatic rings. The number of amides is 1. The number of carbonyl (C=O) groups excluding carboxylic acids is 1. The maximum atomic E-state index is 11.8. The summed E-state index contributed by atoms with van der Waals surface area (Å²) in [5.41, 5.74) is 1.08. The van der Waals surface area contributed by atoms with Gasteiger partial charge in [-0.25, -0.2) is 0 Å². The van der Waals surface area contributed by atoms with Crippen LogP contribution in [0.15, 0.2) is 24.3 Å². The van der Waals surface area contributed by atoms with Crippen LogP contribution in [0.4, 0.5) is 5.69 Å². The van der Waals surface area contributed by atoms with Crippen molar-refractivity contribution in [3.8, 4) is 0 Å². The first kappa shape index (κ1) is 19.5. The number of benzene rings is 1. The Bertz CT molecular complexity index is 491. The molecule has 5 nitrogen and oxygen atoms in total. The maximum Gasteiger partial charge on any atom is 0.269 e. The number of thioether (sulfide) groups is 1. The minimum absolute atomic E-state index is 0.0619. The quantitative estimate of drug-likeness (QED) is 0.486. The van der Waals surface area contributed by atoms with Crippen LogP contribution >= 0.6 is 11.8 Å². The van der Waals surface area contributed by atoms with E-state index in [4.69, 9.17) is 0 Å². The SMILES string of the molecule is CCCCC(CC)CNC(=O)CSCc1ccc([N+](=O)[O-])cc1. The third-order valence-electron chi connectivity index (χ3n) is 3.78. The van der Waals surface area contributed by atoms with Crippen molar-refractivity contribution in [1.29, 1.82) is 0 Å². The van der Waals surface area contributed by atoms with Crippen LogP contribution in [0.5, 0.6) is 0 Å². The predicted octanol–water partition coefficient (Wildman–Crippen LogP) is 4.16. The van der Waals surface area contributed by atoms with Gasteiger partial charge in [0.1, 0.15) is 0 Å². The van der Waals surface area contributed by atoms with E-state index < -0.39 is 4.92 Å². The van der Waals surface area contributed by atoms with E-state index in [-0.39, 0.29) is 11.6 Å². The van der Waals surface area contributed by atoms with Crippen molar-refractivity contribution in [3.05, 3.63) is 39.9 Å². The summed E-state index contributed by atoms with van der Waals surface area (Å²) in [7, 11) is 0. The van der Waals surface area contributed by atoms with Crippen molar-refractivity contribution in [3.63, 3.8) is 0 Å². The lowest BCUT2D eigenvalue weighted by molar-refractivity contribution is -0.384. The van der Waals surface area contributed by atoms with E-state index in [1.807, 2.05) is 0 Å². The van der Waals surface area contributed by atoms with Crippen molar-refractivity contribution >= 4 is 23.4 Å². The number of hydrogen-bond donors (Lipinski definition) is 1. The lowest BCUT2D eigenvalue weighted by Gasteiger charge is -2.15. The Morgan fingerprint density at radius 2 is 2.00 bits per heavy atom. The van der Waals surface area contributed by atoms with Gasteiger partial charge in [0.15, 0.2) is 0 Å². The van der Waals surface area contributed by atoms with E-state index in [1.165, 1.54) is 43.2 Å². The molecule has 1 rings (SSSR count). The number of rotatable bonds is 11. The highest BCUT2D eigenvalue weighted by Crippen LogP contribution is 2.17. The summed E-state index contributed by atoms with van der Waals surface area (Å²) < 4.78 is 0. The number of nitrogens with zero attached hydrogens (tertiary/aromatic N) is 1. The number of non-ortho nitro benzene ring substituents is 1. The molecule has 1 atom stereocenters. The van der Waals surface area contributed by atoms with Gasteiger partial charge >= 0.3 is 0 Å². The average molecular weight is 338 g/mol. The number of nitrogens with one attached hydrogen (secondary N) is 1. The van der Waals surface area contributed by atoms with Crippen LogP contribution in [0, 0.1) is 16.0 Å². The van der Waals surface area contributed by atoms with Gasteiger partial charge in [-0.3, -0.25) is 14.9 Å². The monoisotopic (exact) mass is 338 g/mol. The fourth-order valence-electron chi connectivity index (χ4n) is 2.23. The van der Waals surface area contributed by atoms with E-state index in [0.29, 0.717) is 17.4 Å². The highest BCUT2D eigenvalue weighted by atomic mass is 32.2. The lowest BCUT2D eigenvalue weighted by atomic mass is 9.99. The summed E-state index contributed by atoms with van der Waals surface area (Å²) in [6.07, 6.45) is 4.66. The second kappa shape index (κ2) is 11.0. The molecule has 0 radical (unpaired) electrons. The molecule has 0 saturated carbocycles. The lowest BCUT2D eigenvalue weighted by Crippen LogP contribution is -2.30. The zero-order chi connectivity index (χ0) is 17.1. The van der Waals surface area contributed by atoms with Gasteiger partial charge in [-0.2, -0.15) is 0 Å². The summed E-state index contributed by atoms with van der Waals surface area (Å²) >= 11 is 1.52. The fourth-order valence-corrected chi connectivity index (χ4v) is 3.05. The second-order valence-electron chi connectivity index (χ2n) is 5.64. The Morgan fingerprint density at radius 3 is 2.57 bits per heavy atom. The van der Waals surface area contributed by atoms with E-state index in [1.54, 1.807) is 12.1 Å². The molecule has 0 spiro atoms. The molecule has 1 amide bonds. The normalized spacial score (nSPS) is 11.9. The van der Waals surface area contributed by atoms with E-state index >= 15 is 0 Å². The summed E-state index contributed by atoms with van der Waals surface area (Å²) in [4.78, 5) is 22.0. The average Bonchev–Trinajstić information content (AvgIpc) is 2.55. The van der Waals surface area contributed by atoms with Gasteiger partial charge in [-0.15, -0.1) is 11.8 Å². The Kier molecular flexibility index (Phi) is 9.36. The van der Waals surface area contributed by atoms with Crippen LogP contribution in [0.3, 0.4) is 0 Å². The van der Waals surface area contributed by atoms with Crippen molar-refractivity contribution in [1.82, 2.24) is 5.32 Å². The molecule has 0 aliphatic heterocycles. The van der Waals surface area contributed by atoms with Gasteiger partial charge in [0.25, 0.3) is 5.69 Å². The molecule has 0 aromatic heterocycles. The number of unbranched alkanes of at least 4 members (excludes halogenated alkanes) is 1. The van der Waals surface area contributed by atoms with Crippen LogP contribution < -0.4 is 5.32 Å².